The van der Waals surface area contributed by atoms with Crippen LogP contribution in [0, 0.1) is 0 Å². The Balaban J connectivity index is 1.36. The second-order valence-corrected chi connectivity index (χ2v) is 8.55. The summed E-state index contributed by atoms with van der Waals surface area (Å²) in [5.74, 6) is 0.293. The number of amides is 1. The van der Waals surface area contributed by atoms with E-state index in [1.54, 1.807) is 11.8 Å². The van der Waals surface area contributed by atoms with Gasteiger partial charge in [0.25, 0.3) is 0 Å². The number of benzene rings is 2. The largest absolute Gasteiger partial charge is 0.342 e. The van der Waals surface area contributed by atoms with Crippen LogP contribution in [0.1, 0.15) is 53.2 Å². The molecule has 1 aliphatic carbocycles. The molecular formula is C25H31ClN2O2. The van der Waals surface area contributed by atoms with Crippen LogP contribution in [-0.2, 0) is 24.1 Å². The summed E-state index contributed by atoms with van der Waals surface area (Å²) in [7, 11) is 1.85. The Morgan fingerprint density at radius 2 is 1.83 bits per heavy atom. The van der Waals surface area contributed by atoms with E-state index in [2.05, 4.69) is 17.4 Å². The van der Waals surface area contributed by atoms with E-state index in [0.29, 0.717) is 6.42 Å². The molecule has 5 heteroatoms. The van der Waals surface area contributed by atoms with Gasteiger partial charge in [0.15, 0.2) is 5.78 Å². The third-order valence-electron chi connectivity index (χ3n) is 6.02. The van der Waals surface area contributed by atoms with Crippen LogP contribution >= 0.6 is 11.6 Å². The van der Waals surface area contributed by atoms with Crippen molar-refractivity contribution in [1.82, 2.24) is 10.2 Å². The van der Waals surface area contributed by atoms with Crippen LogP contribution in [0.15, 0.2) is 42.5 Å². The number of carbonyl (C=O) groups excluding carboxylic acids is 2. The maximum Gasteiger partial charge on any atom is 0.219 e. The Hall–Kier alpha value is -2.17. The number of hydrogen-bond acceptors (Lipinski definition) is 3. The molecule has 0 heterocycles. The summed E-state index contributed by atoms with van der Waals surface area (Å²) < 4.78 is 0. The van der Waals surface area contributed by atoms with Crippen LogP contribution in [0.25, 0.3) is 0 Å². The number of hydrogen-bond donors (Lipinski definition) is 1. The predicted molar refractivity (Wildman–Crippen MR) is 122 cm³/mol. The monoisotopic (exact) mass is 426 g/mol. The zero-order chi connectivity index (χ0) is 21.5. The minimum absolute atomic E-state index is 0.0876. The second-order valence-electron chi connectivity index (χ2n) is 8.15. The molecule has 0 aliphatic heterocycles. The number of rotatable bonds is 10. The van der Waals surface area contributed by atoms with E-state index >= 15 is 0 Å². The average molecular weight is 427 g/mol. The normalized spacial score (nSPS) is 15.1. The molecule has 0 radical (unpaired) electrons. The van der Waals surface area contributed by atoms with Crippen molar-refractivity contribution in [2.75, 3.05) is 20.1 Å². The lowest BCUT2D eigenvalue weighted by atomic mass is 10.0. The van der Waals surface area contributed by atoms with E-state index < -0.39 is 0 Å². The fraction of sp³-hybridized carbons (Fsp3) is 0.440. The molecule has 1 aliphatic rings. The van der Waals surface area contributed by atoms with E-state index in [1.165, 1.54) is 11.1 Å². The zero-order valence-corrected chi connectivity index (χ0v) is 18.7. The smallest absolute Gasteiger partial charge is 0.219 e. The van der Waals surface area contributed by atoms with Crippen LogP contribution in [0.5, 0.6) is 0 Å². The van der Waals surface area contributed by atoms with Gasteiger partial charge in [0.05, 0.1) is 0 Å². The molecule has 30 heavy (non-hydrogen) atoms. The lowest BCUT2D eigenvalue weighted by Crippen LogP contribution is -2.35. The van der Waals surface area contributed by atoms with Gasteiger partial charge >= 0.3 is 0 Å². The Bertz CT molecular complexity index is 896. The van der Waals surface area contributed by atoms with Gasteiger partial charge in [0.2, 0.25) is 5.91 Å². The van der Waals surface area contributed by atoms with Gasteiger partial charge in [-0.2, -0.15) is 0 Å². The Labute approximate surface area is 184 Å². The van der Waals surface area contributed by atoms with Gasteiger partial charge in [-0.15, -0.1) is 0 Å². The molecule has 1 atom stereocenters. The van der Waals surface area contributed by atoms with Crippen molar-refractivity contribution < 1.29 is 9.59 Å². The number of ketones is 1. The van der Waals surface area contributed by atoms with Crippen molar-refractivity contribution in [3.63, 3.8) is 0 Å². The summed E-state index contributed by atoms with van der Waals surface area (Å²) in [6.07, 6.45) is 5.05. The zero-order valence-electron chi connectivity index (χ0n) is 17.9. The number of carbonyl (C=O) groups is 2. The second kappa shape index (κ2) is 10.7. The van der Waals surface area contributed by atoms with Crippen molar-refractivity contribution in [2.45, 2.75) is 51.5 Å². The molecule has 0 bridgehead atoms. The van der Waals surface area contributed by atoms with Crippen molar-refractivity contribution in [3.05, 3.63) is 69.7 Å². The number of halogens is 1. The molecule has 1 unspecified atom stereocenters. The first kappa shape index (κ1) is 22.5. The molecule has 4 nitrogen and oxygen atoms in total. The average Bonchev–Trinajstić information content (AvgIpc) is 3.16. The van der Waals surface area contributed by atoms with Gasteiger partial charge in [-0.1, -0.05) is 41.9 Å². The van der Waals surface area contributed by atoms with Crippen molar-refractivity contribution in [1.29, 1.82) is 0 Å². The van der Waals surface area contributed by atoms with Gasteiger partial charge < -0.3 is 10.2 Å². The highest BCUT2D eigenvalue weighted by Crippen LogP contribution is 2.27. The minimum atomic E-state index is 0.0876. The van der Waals surface area contributed by atoms with Crippen molar-refractivity contribution >= 4 is 23.3 Å². The number of nitrogens with one attached hydrogen (secondary N) is 1. The number of Topliss-reactive ketones (excluding diaryl/α,β-unsaturated/α-hetero) is 1. The van der Waals surface area contributed by atoms with Gasteiger partial charge in [0.1, 0.15) is 0 Å². The third-order valence-corrected chi connectivity index (χ3v) is 6.39. The predicted octanol–water partition coefficient (Wildman–Crippen LogP) is 4.47. The van der Waals surface area contributed by atoms with Crippen LogP contribution in [0.4, 0.5) is 0 Å². The number of nitrogens with zero attached hydrogens (tertiary/aromatic N) is 1. The molecule has 0 aromatic heterocycles. The standard InChI is InChI=1S/C25H31ClN2O2/c1-18(29)28(2)23-16-20-10-11-21(15-22(20)17-23)25(30)9-5-6-13-27-14-12-19-7-3-4-8-24(19)26/h3-4,7-8,10-11,15,23,27H,5-6,9,12-14,16-17H2,1-2H3. The van der Waals surface area contributed by atoms with E-state index in [1.807, 2.05) is 37.4 Å². The summed E-state index contributed by atoms with van der Waals surface area (Å²) in [5, 5.41) is 4.25. The first-order valence-corrected chi connectivity index (χ1v) is 11.2. The molecule has 1 N–H and O–H groups in total. The van der Waals surface area contributed by atoms with Crippen molar-refractivity contribution in [3.8, 4) is 0 Å². The highest BCUT2D eigenvalue weighted by molar-refractivity contribution is 6.31. The summed E-state index contributed by atoms with van der Waals surface area (Å²) in [4.78, 5) is 26.0. The maximum atomic E-state index is 12.6. The van der Waals surface area contributed by atoms with Crippen LogP contribution < -0.4 is 5.32 Å². The quantitative estimate of drug-likeness (QED) is 0.450. The fourth-order valence-corrected chi connectivity index (χ4v) is 4.26. The molecule has 0 saturated heterocycles. The Morgan fingerprint density at radius 1 is 1.07 bits per heavy atom. The number of unbranched alkanes of at least 4 members (excludes halogenated alkanes) is 1. The molecule has 0 spiro atoms. The lowest BCUT2D eigenvalue weighted by molar-refractivity contribution is -0.129. The molecule has 2 aromatic rings. The number of likely N-dealkylation sites (N-methyl/N-ethyl adjacent to an activating group) is 1. The molecule has 1 amide bonds. The van der Waals surface area contributed by atoms with Gasteiger partial charge in [0, 0.05) is 37.0 Å². The van der Waals surface area contributed by atoms with E-state index in [4.69, 9.17) is 11.6 Å². The summed E-state index contributed by atoms with van der Waals surface area (Å²) in [6.45, 7) is 3.39. The summed E-state index contributed by atoms with van der Waals surface area (Å²) in [6, 6.07) is 14.2. The fourth-order valence-electron chi connectivity index (χ4n) is 4.03. The molecular weight excluding hydrogens is 396 g/mol. The SMILES string of the molecule is CC(=O)N(C)C1Cc2ccc(C(=O)CCCCNCCc3ccccc3Cl)cc2C1. The minimum Gasteiger partial charge on any atom is -0.342 e. The summed E-state index contributed by atoms with van der Waals surface area (Å²) >= 11 is 6.17. The first-order valence-electron chi connectivity index (χ1n) is 10.8. The molecule has 0 fully saturated rings. The Kier molecular flexibility index (Phi) is 8.06. The topological polar surface area (TPSA) is 49.4 Å². The Morgan fingerprint density at radius 3 is 2.60 bits per heavy atom. The van der Waals surface area contributed by atoms with Crippen LogP contribution in [0.3, 0.4) is 0 Å². The van der Waals surface area contributed by atoms with Gasteiger partial charge in [-0.05, 0) is 74.0 Å². The molecule has 0 saturated carbocycles. The number of fused-ring (bicyclic) bond motifs is 1. The highest BCUT2D eigenvalue weighted by atomic mass is 35.5. The van der Waals surface area contributed by atoms with Gasteiger partial charge in [-0.25, -0.2) is 0 Å². The molecule has 160 valence electrons. The van der Waals surface area contributed by atoms with Crippen LogP contribution in [0.2, 0.25) is 5.02 Å². The van der Waals surface area contributed by atoms with E-state index in [9.17, 15) is 9.59 Å². The third kappa shape index (κ3) is 5.93. The van der Waals surface area contributed by atoms with Gasteiger partial charge in [-0.3, -0.25) is 9.59 Å². The van der Waals surface area contributed by atoms with Crippen LogP contribution in [-0.4, -0.2) is 42.8 Å². The highest BCUT2D eigenvalue weighted by Gasteiger charge is 2.26. The maximum absolute atomic E-state index is 12.6. The van der Waals surface area contributed by atoms with Crippen molar-refractivity contribution in [2.24, 2.45) is 0 Å². The van der Waals surface area contributed by atoms with E-state index in [0.717, 1.165) is 61.3 Å². The first-order chi connectivity index (χ1) is 14.5. The van der Waals surface area contributed by atoms with E-state index in [-0.39, 0.29) is 17.7 Å². The molecule has 2 aromatic carbocycles. The summed E-state index contributed by atoms with van der Waals surface area (Å²) in [5.41, 5.74) is 4.43. The molecule has 3 rings (SSSR count). The lowest BCUT2D eigenvalue weighted by Gasteiger charge is -2.22.